The summed E-state index contributed by atoms with van der Waals surface area (Å²) in [7, 11) is 0. The van der Waals surface area contributed by atoms with Crippen LogP contribution in [0.25, 0.3) is 0 Å². The van der Waals surface area contributed by atoms with Crippen molar-refractivity contribution in [2.45, 2.75) is 6.92 Å². The van der Waals surface area contributed by atoms with Crippen molar-refractivity contribution in [2.75, 3.05) is 18.1 Å². The van der Waals surface area contributed by atoms with Crippen molar-refractivity contribution < 1.29 is 14.3 Å². The Morgan fingerprint density at radius 1 is 1.09 bits per heavy atom. The first kappa shape index (κ1) is 16.5. The van der Waals surface area contributed by atoms with Gasteiger partial charge in [-0.2, -0.15) is 0 Å². The first-order valence-corrected chi connectivity index (χ1v) is 7.32. The number of nitrogens with zero attached hydrogens (tertiary/aromatic N) is 1. The van der Waals surface area contributed by atoms with E-state index >= 15 is 0 Å². The van der Waals surface area contributed by atoms with Crippen LogP contribution >= 0.6 is 0 Å². The molecule has 0 bridgehead atoms. The van der Waals surface area contributed by atoms with Crippen LogP contribution in [0, 0.1) is 6.92 Å². The summed E-state index contributed by atoms with van der Waals surface area (Å²) < 4.78 is 5.16. The number of hydrogen-bond acceptors (Lipinski definition) is 3. The average Bonchev–Trinajstić information content (AvgIpc) is 2.58. The number of esters is 1. The van der Waals surface area contributed by atoms with Gasteiger partial charge in [-0.1, -0.05) is 42.5 Å². The van der Waals surface area contributed by atoms with E-state index in [2.05, 4.69) is 6.58 Å². The Balaban J connectivity index is 2.04. The van der Waals surface area contributed by atoms with Gasteiger partial charge in [0.25, 0.3) is 5.91 Å². The molecular formula is C19H19NO3. The molecule has 0 atom stereocenters. The van der Waals surface area contributed by atoms with Gasteiger partial charge in [-0.3, -0.25) is 4.79 Å². The van der Waals surface area contributed by atoms with Crippen LogP contribution in [0.3, 0.4) is 0 Å². The van der Waals surface area contributed by atoms with Crippen LogP contribution in [0.5, 0.6) is 0 Å². The molecule has 1 amide bonds. The second-order valence-electron chi connectivity index (χ2n) is 5.02. The number of carbonyl (C=O) groups is 2. The van der Waals surface area contributed by atoms with Crippen molar-refractivity contribution in [3.63, 3.8) is 0 Å². The molecule has 2 rings (SSSR count). The number of benzene rings is 2. The molecule has 0 saturated carbocycles. The highest BCUT2D eigenvalue weighted by Crippen LogP contribution is 2.14. The number of para-hydroxylation sites is 1. The molecule has 0 saturated heterocycles. The van der Waals surface area contributed by atoms with E-state index in [4.69, 9.17) is 4.74 Å². The number of rotatable bonds is 6. The molecule has 0 aliphatic rings. The highest BCUT2D eigenvalue weighted by molar-refractivity contribution is 5.97. The number of anilines is 1. The zero-order valence-electron chi connectivity index (χ0n) is 13.1. The zero-order chi connectivity index (χ0) is 16.7. The van der Waals surface area contributed by atoms with Crippen LogP contribution in [0.2, 0.25) is 0 Å². The van der Waals surface area contributed by atoms with Gasteiger partial charge in [-0.05, 0) is 30.7 Å². The van der Waals surface area contributed by atoms with E-state index in [1.54, 1.807) is 18.2 Å². The lowest BCUT2D eigenvalue weighted by atomic mass is 10.1. The summed E-state index contributed by atoms with van der Waals surface area (Å²) in [6.45, 7) is 5.53. The minimum atomic E-state index is -0.497. The molecule has 118 valence electrons. The summed E-state index contributed by atoms with van der Waals surface area (Å²) in [4.78, 5) is 26.0. The Morgan fingerprint density at radius 3 is 2.39 bits per heavy atom. The quantitative estimate of drug-likeness (QED) is 0.607. The van der Waals surface area contributed by atoms with Gasteiger partial charge >= 0.3 is 5.97 Å². The van der Waals surface area contributed by atoms with E-state index in [0.29, 0.717) is 12.1 Å². The molecule has 0 unspecified atom stereocenters. The molecule has 23 heavy (non-hydrogen) atoms. The monoisotopic (exact) mass is 309 g/mol. The van der Waals surface area contributed by atoms with Gasteiger partial charge in [-0.15, -0.1) is 6.58 Å². The van der Waals surface area contributed by atoms with Gasteiger partial charge in [0, 0.05) is 12.2 Å². The smallest absolute Gasteiger partial charge is 0.338 e. The van der Waals surface area contributed by atoms with Gasteiger partial charge in [0.05, 0.1) is 5.56 Å². The van der Waals surface area contributed by atoms with Crippen molar-refractivity contribution in [1.29, 1.82) is 0 Å². The SMILES string of the molecule is C=CCN(C(=O)COC(=O)c1ccccc1C)c1ccccc1. The molecular weight excluding hydrogens is 290 g/mol. The van der Waals surface area contributed by atoms with Crippen LogP contribution in [-0.4, -0.2) is 25.0 Å². The molecule has 2 aromatic carbocycles. The Hall–Kier alpha value is -2.88. The van der Waals surface area contributed by atoms with E-state index in [1.165, 1.54) is 4.90 Å². The fourth-order valence-electron chi connectivity index (χ4n) is 2.17. The summed E-state index contributed by atoms with van der Waals surface area (Å²) in [5.74, 6) is -0.791. The molecule has 0 aliphatic carbocycles. The number of amides is 1. The summed E-state index contributed by atoms with van der Waals surface area (Å²) in [5.41, 5.74) is 2.02. The summed E-state index contributed by atoms with van der Waals surface area (Å²) in [5, 5.41) is 0. The summed E-state index contributed by atoms with van der Waals surface area (Å²) in [6.07, 6.45) is 1.63. The van der Waals surface area contributed by atoms with Gasteiger partial charge < -0.3 is 9.64 Å². The number of aryl methyl sites for hydroxylation is 1. The lowest BCUT2D eigenvalue weighted by Crippen LogP contribution is -2.34. The molecule has 0 aliphatic heterocycles. The maximum absolute atomic E-state index is 12.4. The van der Waals surface area contributed by atoms with E-state index in [9.17, 15) is 9.59 Å². The Morgan fingerprint density at radius 2 is 1.74 bits per heavy atom. The third-order valence-corrected chi connectivity index (χ3v) is 3.37. The second-order valence-corrected chi connectivity index (χ2v) is 5.02. The molecule has 0 N–H and O–H groups in total. The van der Waals surface area contributed by atoms with Gasteiger partial charge in [0.15, 0.2) is 6.61 Å². The Labute approximate surface area is 136 Å². The third kappa shape index (κ3) is 4.30. The Kier molecular flexibility index (Phi) is 5.69. The van der Waals surface area contributed by atoms with Gasteiger partial charge in [0.1, 0.15) is 0 Å². The maximum atomic E-state index is 12.4. The molecule has 4 nitrogen and oxygen atoms in total. The average molecular weight is 309 g/mol. The first-order valence-electron chi connectivity index (χ1n) is 7.32. The molecule has 0 spiro atoms. The number of carbonyl (C=O) groups excluding carboxylic acids is 2. The van der Waals surface area contributed by atoms with E-state index in [0.717, 1.165) is 11.3 Å². The fraction of sp³-hybridized carbons (Fsp3) is 0.158. The minimum Gasteiger partial charge on any atom is -0.452 e. The normalized spacial score (nSPS) is 9.96. The van der Waals surface area contributed by atoms with E-state index in [1.807, 2.05) is 49.4 Å². The van der Waals surface area contributed by atoms with E-state index < -0.39 is 5.97 Å². The molecule has 0 fully saturated rings. The van der Waals surface area contributed by atoms with Crippen molar-refractivity contribution in [3.05, 3.63) is 78.4 Å². The van der Waals surface area contributed by atoms with Crippen molar-refractivity contribution >= 4 is 17.6 Å². The lowest BCUT2D eigenvalue weighted by Gasteiger charge is -2.21. The largest absolute Gasteiger partial charge is 0.452 e. The third-order valence-electron chi connectivity index (χ3n) is 3.37. The minimum absolute atomic E-state index is 0.293. The highest BCUT2D eigenvalue weighted by Gasteiger charge is 2.17. The van der Waals surface area contributed by atoms with Crippen molar-refractivity contribution in [3.8, 4) is 0 Å². The Bertz CT molecular complexity index is 695. The van der Waals surface area contributed by atoms with Crippen LogP contribution in [0.1, 0.15) is 15.9 Å². The molecule has 0 aromatic heterocycles. The molecule has 2 aromatic rings. The number of ether oxygens (including phenoxy) is 1. The van der Waals surface area contributed by atoms with Crippen LogP contribution in [0.4, 0.5) is 5.69 Å². The molecule has 4 heteroatoms. The fourth-order valence-corrected chi connectivity index (χ4v) is 2.17. The zero-order valence-corrected chi connectivity index (χ0v) is 13.1. The predicted octanol–water partition coefficient (Wildman–Crippen LogP) is 3.37. The molecule has 0 radical (unpaired) electrons. The van der Waals surface area contributed by atoms with E-state index in [-0.39, 0.29) is 12.5 Å². The maximum Gasteiger partial charge on any atom is 0.338 e. The van der Waals surface area contributed by atoms with Crippen molar-refractivity contribution in [1.82, 2.24) is 0 Å². The van der Waals surface area contributed by atoms with Crippen LogP contribution in [0.15, 0.2) is 67.3 Å². The van der Waals surface area contributed by atoms with Gasteiger partial charge in [0.2, 0.25) is 0 Å². The lowest BCUT2D eigenvalue weighted by molar-refractivity contribution is -0.121. The second kappa shape index (κ2) is 7.94. The topological polar surface area (TPSA) is 46.6 Å². The first-order chi connectivity index (χ1) is 11.1. The standard InChI is InChI=1S/C19H19NO3/c1-3-13-20(16-10-5-4-6-11-16)18(21)14-23-19(22)17-12-8-7-9-15(17)2/h3-12H,1,13-14H2,2H3. The summed E-state index contributed by atoms with van der Waals surface area (Å²) in [6, 6.07) is 16.3. The van der Waals surface area contributed by atoms with Crippen molar-refractivity contribution in [2.24, 2.45) is 0 Å². The predicted molar refractivity (Wildman–Crippen MR) is 90.5 cm³/mol. The van der Waals surface area contributed by atoms with Crippen LogP contribution in [-0.2, 0) is 9.53 Å². The van der Waals surface area contributed by atoms with Crippen LogP contribution < -0.4 is 4.90 Å². The summed E-state index contributed by atoms with van der Waals surface area (Å²) >= 11 is 0. The highest BCUT2D eigenvalue weighted by atomic mass is 16.5. The van der Waals surface area contributed by atoms with Gasteiger partial charge in [-0.25, -0.2) is 4.79 Å². The molecule has 0 heterocycles. The number of hydrogen-bond donors (Lipinski definition) is 0.